The first kappa shape index (κ1) is 10.7. The molecule has 0 rings (SSSR count). The Bertz CT molecular complexity index is 233. The lowest BCUT2D eigenvalue weighted by molar-refractivity contribution is -0.134. The minimum absolute atomic E-state index is 0.423. The first-order chi connectivity index (χ1) is 5.68. The molecule has 0 saturated heterocycles. The van der Waals surface area contributed by atoms with Crippen LogP contribution >= 0.6 is 0 Å². The van der Waals surface area contributed by atoms with E-state index in [4.69, 9.17) is 5.11 Å². The van der Waals surface area contributed by atoms with Gasteiger partial charge in [-0.1, -0.05) is 0 Å². The van der Waals surface area contributed by atoms with E-state index in [9.17, 15) is 9.18 Å². The smallest absolute Gasteiger partial charge is 0.364 e. The van der Waals surface area contributed by atoms with E-state index in [0.29, 0.717) is 19.3 Å². The van der Waals surface area contributed by atoms with Crippen LogP contribution in [0.3, 0.4) is 0 Å². The molecule has 0 aromatic rings. The Labute approximate surface area is 71.1 Å². The highest BCUT2D eigenvalue weighted by Gasteiger charge is 2.02. The number of rotatable bonds is 4. The Morgan fingerprint density at radius 1 is 1.67 bits per heavy atom. The van der Waals surface area contributed by atoms with Crippen LogP contribution in [0.2, 0.25) is 0 Å². The standard InChI is InChI=1S/C9H11FO2/c1-2-3-4-5-6-7-8(10)9(11)12/h7H,4-6H2,1H3,(H,11,12)/b8-7-. The summed E-state index contributed by atoms with van der Waals surface area (Å²) in [6.45, 7) is 1.73. The number of halogens is 1. The molecule has 12 heavy (non-hydrogen) atoms. The van der Waals surface area contributed by atoms with Gasteiger partial charge in [0.15, 0.2) is 0 Å². The van der Waals surface area contributed by atoms with E-state index in [0.717, 1.165) is 6.08 Å². The van der Waals surface area contributed by atoms with Gasteiger partial charge in [-0.2, -0.15) is 4.39 Å². The summed E-state index contributed by atoms with van der Waals surface area (Å²) in [5, 5.41) is 8.11. The van der Waals surface area contributed by atoms with Gasteiger partial charge in [0.1, 0.15) is 0 Å². The fourth-order valence-corrected chi connectivity index (χ4v) is 0.632. The summed E-state index contributed by atoms with van der Waals surface area (Å²) in [5.41, 5.74) is 0. The van der Waals surface area contributed by atoms with Crippen molar-refractivity contribution < 1.29 is 14.3 Å². The number of allylic oxidation sites excluding steroid dienone is 1. The summed E-state index contributed by atoms with van der Waals surface area (Å²) in [7, 11) is 0. The molecular weight excluding hydrogens is 159 g/mol. The van der Waals surface area contributed by atoms with E-state index in [2.05, 4.69) is 11.8 Å². The highest BCUT2D eigenvalue weighted by atomic mass is 19.1. The highest BCUT2D eigenvalue weighted by molar-refractivity contribution is 5.83. The van der Waals surface area contributed by atoms with Gasteiger partial charge in [0.05, 0.1) is 0 Å². The van der Waals surface area contributed by atoms with E-state index < -0.39 is 11.8 Å². The summed E-state index contributed by atoms with van der Waals surface area (Å²) in [5.74, 6) is 2.91. The third-order valence-corrected chi connectivity index (χ3v) is 1.21. The van der Waals surface area contributed by atoms with Crippen LogP contribution in [0.25, 0.3) is 0 Å². The van der Waals surface area contributed by atoms with Crippen LogP contribution in [0.1, 0.15) is 26.2 Å². The molecule has 1 N–H and O–H groups in total. The van der Waals surface area contributed by atoms with Crippen LogP contribution in [-0.4, -0.2) is 11.1 Å². The third kappa shape index (κ3) is 5.48. The maximum absolute atomic E-state index is 12.3. The van der Waals surface area contributed by atoms with Crippen molar-refractivity contribution in [1.29, 1.82) is 0 Å². The van der Waals surface area contributed by atoms with Crippen molar-refractivity contribution in [3.63, 3.8) is 0 Å². The molecule has 0 fully saturated rings. The molecule has 0 aliphatic heterocycles. The second kappa shape index (κ2) is 6.41. The zero-order valence-electron chi connectivity index (χ0n) is 6.93. The second-order valence-electron chi connectivity index (χ2n) is 2.18. The molecule has 2 nitrogen and oxygen atoms in total. The lowest BCUT2D eigenvalue weighted by Gasteiger charge is -1.89. The summed E-state index contributed by atoms with van der Waals surface area (Å²) < 4.78 is 12.3. The molecule has 0 radical (unpaired) electrons. The predicted octanol–water partition coefficient (Wildman–Crippen LogP) is 2.12. The van der Waals surface area contributed by atoms with Crippen LogP contribution < -0.4 is 0 Å². The largest absolute Gasteiger partial charge is 0.476 e. The molecule has 0 atom stereocenters. The molecule has 66 valence electrons. The van der Waals surface area contributed by atoms with Gasteiger partial charge in [-0.05, 0) is 25.8 Å². The first-order valence-corrected chi connectivity index (χ1v) is 3.67. The van der Waals surface area contributed by atoms with Crippen molar-refractivity contribution >= 4 is 5.97 Å². The Balaban J connectivity index is 3.58. The van der Waals surface area contributed by atoms with Gasteiger partial charge in [0, 0.05) is 6.42 Å². The Kier molecular flexibility index (Phi) is 5.72. The number of hydrogen-bond acceptors (Lipinski definition) is 1. The van der Waals surface area contributed by atoms with Gasteiger partial charge in [-0.25, -0.2) is 4.79 Å². The van der Waals surface area contributed by atoms with Crippen molar-refractivity contribution in [1.82, 2.24) is 0 Å². The van der Waals surface area contributed by atoms with Crippen LogP contribution in [0.4, 0.5) is 4.39 Å². The average molecular weight is 170 g/mol. The summed E-state index contributed by atoms with van der Waals surface area (Å²) in [6.07, 6.45) is 2.87. The predicted molar refractivity (Wildman–Crippen MR) is 44.1 cm³/mol. The zero-order chi connectivity index (χ0) is 9.40. The van der Waals surface area contributed by atoms with Crippen molar-refractivity contribution in [3.8, 4) is 11.8 Å². The Hall–Kier alpha value is -1.30. The minimum Gasteiger partial charge on any atom is -0.476 e. The molecule has 0 saturated carbocycles. The fraction of sp³-hybridized carbons (Fsp3) is 0.444. The highest BCUT2D eigenvalue weighted by Crippen LogP contribution is 2.02. The quantitative estimate of drug-likeness (QED) is 0.398. The van der Waals surface area contributed by atoms with E-state index in [-0.39, 0.29) is 0 Å². The molecular formula is C9H11FO2. The van der Waals surface area contributed by atoms with Gasteiger partial charge in [0.25, 0.3) is 0 Å². The van der Waals surface area contributed by atoms with Crippen LogP contribution in [0.15, 0.2) is 11.9 Å². The van der Waals surface area contributed by atoms with Gasteiger partial charge in [0.2, 0.25) is 5.83 Å². The molecule has 0 amide bonds. The topological polar surface area (TPSA) is 37.3 Å². The molecule has 0 aromatic heterocycles. The summed E-state index contributed by atoms with van der Waals surface area (Å²) >= 11 is 0. The van der Waals surface area contributed by atoms with Gasteiger partial charge < -0.3 is 5.11 Å². The SMILES string of the molecule is CC#CCCC/C=C(\F)C(=O)O. The van der Waals surface area contributed by atoms with Crippen molar-refractivity contribution in [3.05, 3.63) is 11.9 Å². The summed E-state index contributed by atoms with van der Waals surface area (Å²) in [6, 6.07) is 0. The lowest BCUT2D eigenvalue weighted by Crippen LogP contribution is -1.93. The molecule has 0 heterocycles. The monoisotopic (exact) mass is 170 g/mol. The van der Waals surface area contributed by atoms with Crippen molar-refractivity contribution in [2.75, 3.05) is 0 Å². The Morgan fingerprint density at radius 3 is 2.83 bits per heavy atom. The number of carbonyl (C=O) groups is 1. The van der Waals surface area contributed by atoms with Crippen molar-refractivity contribution in [2.24, 2.45) is 0 Å². The number of unbranched alkanes of at least 4 members (excludes halogenated alkanes) is 2. The molecule has 0 unspecified atom stereocenters. The van der Waals surface area contributed by atoms with E-state index >= 15 is 0 Å². The maximum atomic E-state index is 12.3. The number of carboxylic acid groups (broad SMARTS) is 1. The molecule has 3 heteroatoms. The van der Waals surface area contributed by atoms with Crippen molar-refractivity contribution in [2.45, 2.75) is 26.2 Å². The van der Waals surface area contributed by atoms with Crippen LogP contribution in [0.5, 0.6) is 0 Å². The second-order valence-corrected chi connectivity index (χ2v) is 2.18. The molecule has 0 aliphatic carbocycles. The van der Waals surface area contributed by atoms with Gasteiger partial charge >= 0.3 is 5.97 Å². The van der Waals surface area contributed by atoms with Crippen LogP contribution in [0, 0.1) is 11.8 Å². The number of hydrogen-bond donors (Lipinski definition) is 1. The lowest BCUT2D eigenvalue weighted by atomic mass is 10.2. The molecule has 0 bridgehead atoms. The van der Waals surface area contributed by atoms with E-state index in [1.807, 2.05) is 0 Å². The maximum Gasteiger partial charge on any atom is 0.364 e. The van der Waals surface area contributed by atoms with E-state index in [1.165, 1.54) is 0 Å². The fourth-order valence-electron chi connectivity index (χ4n) is 0.632. The van der Waals surface area contributed by atoms with Crippen LogP contribution in [-0.2, 0) is 4.79 Å². The first-order valence-electron chi connectivity index (χ1n) is 3.67. The van der Waals surface area contributed by atoms with Gasteiger partial charge in [-0.3, -0.25) is 0 Å². The molecule has 0 aliphatic rings. The summed E-state index contributed by atoms with van der Waals surface area (Å²) in [4.78, 5) is 9.95. The molecule has 0 spiro atoms. The normalized spacial score (nSPS) is 10.3. The zero-order valence-corrected chi connectivity index (χ0v) is 6.93. The average Bonchev–Trinajstić information content (AvgIpc) is 2.03. The number of carboxylic acids is 1. The minimum atomic E-state index is -1.50. The molecule has 0 aromatic carbocycles. The number of aliphatic carboxylic acids is 1. The Morgan fingerprint density at radius 2 is 2.33 bits per heavy atom. The van der Waals surface area contributed by atoms with E-state index in [1.54, 1.807) is 6.92 Å². The van der Waals surface area contributed by atoms with Gasteiger partial charge in [-0.15, -0.1) is 11.8 Å². The third-order valence-electron chi connectivity index (χ3n) is 1.21.